The summed E-state index contributed by atoms with van der Waals surface area (Å²) in [4.78, 5) is 16.6. The molecular weight excluding hydrogens is 379 g/mol. The number of benzene rings is 2. The Morgan fingerprint density at radius 1 is 1.00 bits per heavy atom. The van der Waals surface area contributed by atoms with E-state index in [1.54, 1.807) is 6.07 Å². The lowest BCUT2D eigenvalue weighted by molar-refractivity contribution is -0.137. The first-order valence-corrected chi connectivity index (χ1v) is 9.68. The molecule has 0 aliphatic carbocycles. The molecule has 2 aromatic rings. The van der Waals surface area contributed by atoms with Crippen molar-refractivity contribution in [2.24, 2.45) is 0 Å². The molecule has 1 N–H and O–H groups in total. The van der Waals surface area contributed by atoms with Gasteiger partial charge in [0.2, 0.25) is 5.91 Å². The Morgan fingerprint density at radius 2 is 1.69 bits per heavy atom. The Morgan fingerprint density at radius 3 is 2.38 bits per heavy atom. The van der Waals surface area contributed by atoms with Gasteiger partial charge in [0, 0.05) is 38.4 Å². The van der Waals surface area contributed by atoms with Crippen molar-refractivity contribution in [1.29, 1.82) is 0 Å². The summed E-state index contributed by atoms with van der Waals surface area (Å²) in [5.41, 5.74) is 2.99. The topological polar surface area (TPSA) is 35.6 Å². The van der Waals surface area contributed by atoms with Crippen LogP contribution in [0.25, 0.3) is 0 Å². The zero-order chi connectivity index (χ0) is 21.0. The van der Waals surface area contributed by atoms with Gasteiger partial charge in [0.15, 0.2) is 0 Å². The molecule has 0 unspecified atom stereocenters. The number of carbonyl (C=O) groups is 1. The van der Waals surface area contributed by atoms with Gasteiger partial charge in [-0.15, -0.1) is 0 Å². The van der Waals surface area contributed by atoms with Crippen LogP contribution in [-0.4, -0.2) is 48.4 Å². The van der Waals surface area contributed by atoms with Crippen molar-refractivity contribution in [2.45, 2.75) is 26.6 Å². The first kappa shape index (κ1) is 21.3. The minimum Gasteiger partial charge on any atom is -0.325 e. The molecule has 1 saturated heterocycles. The van der Waals surface area contributed by atoms with Crippen molar-refractivity contribution in [3.05, 3.63) is 64.7 Å². The molecule has 0 bridgehead atoms. The molecule has 1 heterocycles. The number of hydrogen-bond donors (Lipinski definition) is 1. The number of anilines is 1. The van der Waals surface area contributed by atoms with Crippen LogP contribution in [-0.2, 0) is 17.5 Å². The van der Waals surface area contributed by atoms with Gasteiger partial charge < -0.3 is 5.32 Å². The predicted octanol–water partition coefficient (Wildman–Crippen LogP) is 4.08. The van der Waals surface area contributed by atoms with Crippen LogP contribution in [0.3, 0.4) is 0 Å². The maximum absolute atomic E-state index is 12.9. The van der Waals surface area contributed by atoms with E-state index in [-0.39, 0.29) is 5.91 Å². The highest BCUT2D eigenvalue weighted by molar-refractivity contribution is 5.93. The molecule has 0 saturated carbocycles. The van der Waals surface area contributed by atoms with E-state index >= 15 is 0 Å². The Balaban J connectivity index is 1.48. The molecule has 4 nitrogen and oxygen atoms in total. The lowest BCUT2D eigenvalue weighted by Crippen LogP contribution is -2.48. The SMILES string of the molecule is Cc1ccc(C)c(NC(=O)CN2CCN(Cc3cccc(C(F)(F)F)c3)CC2)c1. The van der Waals surface area contributed by atoms with Crippen molar-refractivity contribution in [2.75, 3.05) is 38.0 Å². The van der Waals surface area contributed by atoms with E-state index in [4.69, 9.17) is 0 Å². The van der Waals surface area contributed by atoms with Gasteiger partial charge in [-0.3, -0.25) is 14.6 Å². The van der Waals surface area contributed by atoms with Crippen LogP contribution in [0.4, 0.5) is 18.9 Å². The van der Waals surface area contributed by atoms with Gasteiger partial charge in [-0.1, -0.05) is 30.3 Å². The molecular formula is C22H26F3N3O. The van der Waals surface area contributed by atoms with Crippen molar-refractivity contribution in [1.82, 2.24) is 9.80 Å². The Labute approximate surface area is 169 Å². The Hall–Kier alpha value is -2.38. The third kappa shape index (κ3) is 6.05. The summed E-state index contributed by atoms with van der Waals surface area (Å²) in [6, 6.07) is 11.4. The summed E-state index contributed by atoms with van der Waals surface area (Å²) in [6.45, 7) is 7.58. The molecule has 0 radical (unpaired) electrons. The van der Waals surface area contributed by atoms with E-state index in [9.17, 15) is 18.0 Å². The molecule has 7 heteroatoms. The van der Waals surface area contributed by atoms with E-state index in [0.29, 0.717) is 44.8 Å². The monoisotopic (exact) mass is 405 g/mol. The van der Waals surface area contributed by atoms with Crippen LogP contribution >= 0.6 is 0 Å². The van der Waals surface area contributed by atoms with Crippen molar-refractivity contribution in [3.8, 4) is 0 Å². The second-order valence-electron chi connectivity index (χ2n) is 7.62. The van der Waals surface area contributed by atoms with Gasteiger partial charge in [0.1, 0.15) is 0 Å². The average Bonchev–Trinajstić information content (AvgIpc) is 2.66. The maximum atomic E-state index is 12.9. The number of nitrogens with one attached hydrogen (secondary N) is 1. The fourth-order valence-electron chi connectivity index (χ4n) is 3.47. The number of hydrogen-bond acceptors (Lipinski definition) is 3. The average molecular weight is 405 g/mol. The Kier molecular flexibility index (Phi) is 6.59. The van der Waals surface area contributed by atoms with Crippen molar-refractivity contribution < 1.29 is 18.0 Å². The molecule has 2 aromatic carbocycles. The zero-order valence-corrected chi connectivity index (χ0v) is 16.7. The molecule has 1 aliphatic rings. The van der Waals surface area contributed by atoms with Gasteiger partial charge in [0.05, 0.1) is 12.1 Å². The molecule has 156 valence electrons. The minimum atomic E-state index is -4.32. The van der Waals surface area contributed by atoms with Gasteiger partial charge in [0.25, 0.3) is 0 Å². The third-order valence-corrected chi connectivity index (χ3v) is 5.16. The van der Waals surface area contributed by atoms with Crippen molar-refractivity contribution in [3.63, 3.8) is 0 Å². The normalized spacial score (nSPS) is 16.0. The number of carbonyl (C=O) groups excluding carboxylic acids is 1. The third-order valence-electron chi connectivity index (χ3n) is 5.16. The van der Waals surface area contributed by atoms with Crippen LogP contribution in [0.1, 0.15) is 22.3 Å². The summed E-state index contributed by atoms with van der Waals surface area (Å²) < 4.78 is 38.6. The van der Waals surface area contributed by atoms with Crippen LogP contribution < -0.4 is 5.32 Å². The van der Waals surface area contributed by atoms with E-state index in [2.05, 4.69) is 15.1 Å². The van der Waals surface area contributed by atoms with E-state index in [1.807, 2.05) is 32.0 Å². The minimum absolute atomic E-state index is 0.0509. The number of amides is 1. The molecule has 1 aliphatic heterocycles. The number of piperazine rings is 1. The highest BCUT2D eigenvalue weighted by atomic mass is 19.4. The van der Waals surface area contributed by atoms with Crippen LogP contribution in [0.5, 0.6) is 0 Å². The van der Waals surface area contributed by atoms with E-state index in [1.165, 1.54) is 12.1 Å². The number of nitrogens with zero attached hydrogens (tertiary/aromatic N) is 2. The number of halogens is 3. The molecule has 1 amide bonds. The van der Waals surface area contributed by atoms with Gasteiger partial charge in [-0.2, -0.15) is 13.2 Å². The van der Waals surface area contributed by atoms with E-state index < -0.39 is 11.7 Å². The summed E-state index contributed by atoms with van der Waals surface area (Å²) in [7, 11) is 0. The standard InChI is InChI=1S/C22H26F3N3O/c1-16-6-7-17(2)20(12-16)26-21(29)15-28-10-8-27(9-11-28)14-18-4-3-5-19(13-18)22(23,24)25/h3-7,12-13H,8-11,14-15H2,1-2H3,(H,26,29). The molecule has 0 spiro atoms. The van der Waals surface area contributed by atoms with Gasteiger partial charge in [-0.25, -0.2) is 0 Å². The lowest BCUT2D eigenvalue weighted by Gasteiger charge is -2.34. The summed E-state index contributed by atoms with van der Waals surface area (Å²) in [5, 5.41) is 2.97. The van der Waals surface area contributed by atoms with Gasteiger partial charge in [-0.05, 0) is 42.7 Å². The molecule has 3 rings (SSSR count). The highest BCUT2D eigenvalue weighted by Crippen LogP contribution is 2.29. The maximum Gasteiger partial charge on any atom is 0.416 e. The molecule has 1 fully saturated rings. The van der Waals surface area contributed by atoms with E-state index in [0.717, 1.165) is 22.9 Å². The molecule has 0 aromatic heterocycles. The predicted molar refractivity (Wildman–Crippen MR) is 108 cm³/mol. The Bertz CT molecular complexity index is 859. The number of alkyl halides is 3. The number of rotatable bonds is 5. The smallest absolute Gasteiger partial charge is 0.325 e. The second-order valence-corrected chi connectivity index (χ2v) is 7.62. The molecule has 29 heavy (non-hydrogen) atoms. The van der Waals surface area contributed by atoms with Crippen LogP contribution in [0.15, 0.2) is 42.5 Å². The van der Waals surface area contributed by atoms with Gasteiger partial charge >= 0.3 is 6.18 Å². The van der Waals surface area contributed by atoms with Crippen LogP contribution in [0.2, 0.25) is 0 Å². The highest BCUT2D eigenvalue weighted by Gasteiger charge is 2.30. The van der Waals surface area contributed by atoms with Crippen molar-refractivity contribution >= 4 is 11.6 Å². The number of aryl methyl sites for hydroxylation is 2. The fourth-order valence-corrected chi connectivity index (χ4v) is 3.47. The summed E-state index contributed by atoms with van der Waals surface area (Å²) in [6.07, 6.45) is -4.32. The fraction of sp³-hybridized carbons (Fsp3) is 0.409. The first-order valence-electron chi connectivity index (χ1n) is 9.68. The lowest BCUT2D eigenvalue weighted by atomic mass is 10.1. The summed E-state index contributed by atoms with van der Waals surface area (Å²) >= 11 is 0. The van der Waals surface area contributed by atoms with Crippen LogP contribution in [0, 0.1) is 13.8 Å². The largest absolute Gasteiger partial charge is 0.416 e. The second kappa shape index (κ2) is 8.97. The first-order chi connectivity index (χ1) is 13.7. The summed E-state index contributed by atoms with van der Waals surface area (Å²) in [5.74, 6) is -0.0509. The molecule has 0 atom stereocenters. The quantitative estimate of drug-likeness (QED) is 0.814. The zero-order valence-electron chi connectivity index (χ0n) is 16.7.